The van der Waals surface area contributed by atoms with Crippen molar-refractivity contribution in [1.82, 2.24) is 15.3 Å². The maximum atomic E-state index is 12.6. The third-order valence-electron chi connectivity index (χ3n) is 6.10. The number of hydrogen-bond acceptors (Lipinski definition) is 6. The van der Waals surface area contributed by atoms with Gasteiger partial charge in [-0.15, -0.1) is 0 Å². The summed E-state index contributed by atoms with van der Waals surface area (Å²) < 4.78 is 5.24. The Kier molecular flexibility index (Phi) is 6.67. The molecule has 2 saturated heterocycles. The van der Waals surface area contributed by atoms with E-state index in [0.717, 1.165) is 62.0 Å². The lowest BCUT2D eigenvalue weighted by atomic mass is 9.95. The zero-order valence-electron chi connectivity index (χ0n) is 17.7. The summed E-state index contributed by atoms with van der Waals surface area (Å²) in [6.07, 6.45) is 9.30. The van der Waals surface area contributed by atoms with Crippen LogP contribution in [0.15, 0.2) is 36.7 Å². The normalized spacial score (nSPS) is 17.6. The number of carbonyl (C=O) groups excluding carboxylic acids is 1. The highest BCUT2D eigenvalue weighted by Crippen LogP contribution is 2.24. The highest BCUT2D eigenvalue weighted by Gasteiger charge is 2.25. The summed E-state index contributed by atoms with van der Waals surface area (Å²) in [5.41, 5.74) is 2.09. The van der Waals surface area contributed by atoms with Crippen molar-refractivity contribution in [3.63, 3.8) is 0 Å². The van der Waals surface area contributed by atoms with Crippen molar-refractivity contribution in [1.29, 1.82) is 0 Å². The van der Waals surface area contributed by atoms with Crippen LogP contribution in [-0.2, 0) is 11.3 Å². The molecule has 7 heteroatoms. The number of hydrogen-bond donors (Lipinski definition) is 1. The van der Waals surface area contributed by atoms with Crippen molar-refractivity contribution in [3.8, 4) is 5.75 Å². The van der Waals surface area contributed by atoms with Gasteiger partial charge in [0.25, 0.3) is 0 Å². The summed E-state index contributed by atoms with van der Waals surface area (Å²) in [4.78, 5) is 26.3. The maximum absolute atomic E-state index is 12.6. The average molecular weight is 410 g/mol. The van der Waals surface area contributed by atoms with Gasteiger partial charge in [-0.2, -0.15) is 0 Å². The molecule has 0 bridgehead atoms. The third kappa shape index (κ3) is 5.01. The Morgan fingerprint density at radius 3 is 2.50 bits per heavy atom. The van der Waals surface area contributed by atoms with Crippen LogP contribution >= 0.6 is 0 Å². The van der Waals surface area contributed by atoms with E-state index < -0.39 is 0 Å². The second-order valence-electron chi connectivity index (χ2n) is 8.12. The molecule has 0 radical (unpaired) electrons. The standard InChI is InChI=1S/C23H31N5O2/c1-30-21-7-5-6-18(14-21)15-24-22(29)19-8-12-27(13-9-19)20-16-25-23(26-17-20)28-10-3-2-4-11-28/h5-7,14,16-17,19H,2-4,8-13,15H2,1H3,(H,24,29). The fourth-order valence-electron chi connectivity index (χ4n) is 4.25. The second-order valence-corrected chi connectivity index (χ2v) is 8.12. The first-order chi connectivity index (χ1) is 14.7. The fraction of sp³-hybridized carbons (Fsp3) is 0.522. The quantitative estimate of drug-likeness (QED) is 0.791. The molecule has 3 heterocycles. The Morgan fingerprint density at radius 1 is 1.07 bits per heavy atom. The van der Waals surface area contributed by atoms with Gasteiger partial charge in [-0.25, -0.2) is 9.97 Å². The molecule has 0 spiro atoms. The fourth-order valence-corrected chi connectivity index (χ4v) is 4.25. The lowest BCUT2D eigenvalue weighted by molar-refractivity contribution is -0.125. The minimum Gasteiger partial charge on any atom is -0.497 e. The predicted octanol–water partition coefficient (Wildman–Crippen LogP) is 3.01. The minimum absolute atomic E-state index is 0.0559. The molecule has 2 aliphatic rings. The van der Waals surface area contributed by atoms with Gasteiger partial charge in [-0.3, -0.25) is 4.79 Å². The van der Waals surface area contributed by atoms with Crippen molar-refractivity contribution < 1.29 is 9.53 Å². The van der Waals surface area contributed by atoms with Crippen molar-refractivity contribution in [2.45, 2.75) is 38.6 Å². The van der Waals surface area contributed by atoms with E-state index in [1.54, 1.807) is 7.11 Å². The molecule has 0 atom stereocenters. The number of ether oxygens (including phenoxy) is 1. The second kappa shape index (κ2) is 9.78. The van der Waals surface area contributed by atoms with Gasteiger partial charge in [0, 0.05) is 38.6 Å². The molecule has 2 aromatic rings. The van der Waals surface area contributed by atoms with E-state index in [1.807, 2.05) is 36.7 Å². The van der Waals surface area contributed by atoms with Crippen LogP contribution in [0.3, 0.4) is 0 Å². The number of amides is 1. The van der Waals surface area contributed by atoms with Crippen LogP contribution in [0.25, 0.3) is 0 Å². The Balaban J connectivity index is 1.25. The molecule has 160 valence electrons. The van der Waals surface area contributed by atoms with Crippen molar-refractivity contribution in [2.75, 3.05) is 43.1 Å². The first-order valence-electron chi connectivity index (χ1n) is 11.0. The highest BCUT2D eigenvalue weighted by atomic mass is 16.5. The van der Waals surface area contributed by atoms with E-state index in [-0.39, 0.29) is 11.8 Å². The molecule has 0 unspecified atom stereocenters. The molecule has 2 fully saturated rings. The molecule has 1 aromatic carbocycles. The van der Waals surface area contributed by atoms with Crippen molar-refractivity contribution in [2.24, 2.45) is 5.92 Å². The number of methoxy groups -OCH3 is 1. The monoisotopic (exact) mass is 409 g/mol. The van der Waals surface area contributed by atoms with Crippen LogP contribution < -0.4 is 19.9 Å². The van der Waals surface area contributed by atoms with Crippen LogP contribution in [0.4, 0.5) is 11.6 Å². The van der Waals surface area contributed by atoms with Gasteiger partial charge in [0.2, 0.25) is 11.9 Å². The zero-order chi connectivity index (χ0) is 20.8. The van der Waals surface area contributed by atoms with E-state index in [2.05, 4.69) is 25.1 Å². The summed E-state index contributed by atoms with van der Waals surface area (Å²) in [6, 6.07) is 7.80. The number of anilines is 2. The minimum atomic E-state index is 0.0559. The van der Waals surface area contributed by atoms with E-state index >= 15 is 0 Å². The number of nitrogens with one attached hydrogen (secondary N) is 1. The molecule has 4 rings (SSSR count). The molecule has 1 N–H and O–H groups in total. The topological polar surface area (TPSA) is 70.6 Å². The van der Waals surface area contributed by atoms with Gasteiger partial charge in [-0.05, 0) is 49.8 Å². The van der Waals surface area contributed by atoms with E-state index in [1.165, 1.54) is 19.3 Å². The molecule has 30 heavy (non-hydrogen) atoms. The largest absolute Gasteiger partial charge is 0.497 e. The summed E-state index contributed by atoms with van der Waals surface area (Å²) in [7, 11) is 1.65. The van der Waals surface area contributed by atoms with Gasteiger partial charge in [-0.1, -0.05) is 12.1 Å². The number of piperidine rings is 2. The van der Waals surface area contributed by atoms with Gasteiger partial charge in [0.05, 0.1) is 25.2 Å². The lowest BCUT2D eigenvalue weighted by Crippen LogP contribution is -2.40. The third-order valence-corrected chi connectivity index (χ3v) is 6.10. The Morgan fingerprint density at radius 2 is 1.80 bits per heavy atom. The molecule has 2 aliphatic heterocycles. The molecule has 1 amide bonds. The molecule has 7 nitrogen and oxygen atoms in total. The van der Waals surface area contributed by atoms with Crippen LogP contribution in [0.1, 0.15) is 37.7 Å². The Labute approximate surface area is 178 Å². The van der Waals surface area contributed by atoms with Gasteiger partial charge in [0.1, 0.15) is 5.75 Å². The van der Waals surface area contributed by atoms with Crippen molar-refractivity contribution >= 4 is 17.5 Å². The van der Waals surface area contributed by atoms with Crippen molar-refractivity contribution in [3.05, 3.63) is 42.2 Å². The summed E-state index contributed by atoms with van der Waals surface area (Å²) >= 11 is 0. The molecular weight excluding hydrogens is 378 g/mol. The summed E-state index contributed by atoms with van der Waals surface area (Å²) in [6.45, 7) is 4.33. The highest BCUT2D eigenvalue weighted by molar-refractivity contribution is 5.79. The number of benzene rings is 1. The van der Waals surface area contributed by atoms with Crippen LogP contribution in [0, 0.1) is 5.92 Å². The average Bonchev–Trinajstić information content (AvgIpc) is 2.83. The maximum Gasteiger partial charge on any atom is 0.225 e. The number of aromatic nitrogens is 2. The first kappa shape index (κ1) is 20.4. The Bertz CT molecular complexity index is 828. The molecule has 1 aromatic heterocycles. The van der Waals surface area contributed by atoms with Gasteiger partial charge in [0.15, 0.2) is 0 Å². The predicted molar refractivity (Wildman–Crippen MR) is 118 cm³/mol. The summed E-state index contributed by atoms with van der Waals surface area (Å²) in [5, 5.41) is 3.08. The van der Waals surface area contributed by atoms with Gasteiger partial charge < -0.3 is 19.9 Å². The van der Waals surface area contributed by atoms with E-state index in [9.17, 15) is 4.79 Å². The first-order valence-corrected chi connectivity index (χ1v) is 11.0. The zero-order valence-corrected chi connectivity index (χ0v) is 17.7. The smallest absolute Gasteiger partial charge is 0.225 e. The number of carbonyl (C=O) groups is 1. The molecule has 0 saturated carbocycles. The van der Waals surface area contributed by atoms with Crippen LogP contribution in [0.2, 0.25) is 0 Å². The number of rotatable bonds is 6. The van der Waals surface area contributed by atoms with Crippen LogP contribution in [0.5, 0.6) is 5.75 Å². The molecule has 0 aliphatic carbocycles. The van der Waals surface area contributed by atoms with Crippen LogP contribution in [-0.4, -0.2) is 49.2 Å². The summed E-state index contributed by atoms with van der Waals surface area (Å²) in [5.74, 6) is 1.84. The number of nitrogens with zero attached hydrogens (tertiary/aromatic N) is 4. The SMILES string of the molecule is COc1cccc(CNC(=O)C2CCN(c3cnc(N4CCCCC4)nc3)CC2)c1. The van der Waals surface area contributed by atoms with E-state index in [4.69, 9.17) is 4.74 Å². The lowest BCUT2D eigenvalue weighted by Gasteiger charge is -2.33. The molecular formula is C23H31N5O2. The Hall–Kier alpha value is -2.83. The van der Waals surface area contributed by atoms with E-state index in [0.29, 0.717) is 6.54 Å². The van der Waals surface area contributed by atoms with Gasteiger partial charge >= 0.3 is 0 Å².